The molecule has 5 heteroatoms. The number of esters is 1. The van der Waals surface area contributed by atoms with Crippen LogP contribution in [-0.2, 0) is 9.53 Å². The molecule has 0 aromatic rings. The van der Waals surface area contributed by atoms with Gasteiger partial charge in [0.1, 0.15) is 0 Å². The summed E-state index contributed by atoms with van der Waals surface area (Å²) < 4.78 is 4.65. The van der Waals surface area contributed by atoms with Gasteiger partial charge in [-0.05, 0) is 44.9 Å². The fraction of sp³-hybridized carbons (Fsp3) is 0.909. The third-order valence-corrected chi connectivity index (χ3v) is 2.97. The van der Waals surface area contributed by atoms with Crippen LogP contribution in [0.3, 0.4) is 0 Å². The molecule has 0 radical (unpaired) electrons. The Balaban J connectivity index is 0.00000225. The Hall–Kier alpha value is -0.320. The van der Waals surface area contributed by atoms with E-state index in [1.165, 1.54) is 20.0 Å². The number of hydrogen-bond donors (Lipinski definition) is 1. The molecule has 0 bridgehead atoms. The summed E-state index contributed by atoms with van der Waals surface area (Å²) in [5.41, 5.74) is 0. The second kappa shape index (κ2) is 8.79. The molecule has 0 aliphatic carbocycles. The lowest BCUT2D eigenvalue weighted by Gasteiger charge is -2.31. The first-order valence-corrected chi connectivity index (χ1v) is 5.76. The summed E-state index contributed by atoms with van der Waals surface area (Å²) in [7, 11) is 1.44. The first-order chi connectivity index (χ1) is 7.26. The molecule has 1 fully saturated rings. The Morgan fingerprint density at radius 3 is 2.56 bits per heavy atom. The van der Waals surface area contributed by atoms with E-state index in [4.69, 9.17) is 0 Å². The third-order valence-electron chi connectivity index (χ3n) is 2.97. The maximum absolute atomic E-state index is 11.1. The van der Waals surface area contributed by atoms with Gasteiger partial charge in [0.05, 0.1) is 13.7 Å². The minimum atomic E-state index is -0.125. The second-order valence-electron chi connectivity index (χ2n) is 4.10. The molecule has 1 aliphatic heterocycles. The minimum absolute atomic E-state index is 0. The van der Waals surface area contributed by atoms with Crippen LogP contribution < -0.4 is 5.32 Å². The lowest BCUT2D eigenvalue weighted by molar-refractivity contribution is -0.142. The zero-order valence-corrected chi connectivity index (χ0v) is 11.0. The summed E-state index contributed by atoms with van der Waals surface area (Å²) in [6.45, 7) is 6.78. The highest BCUT2D eigenvalue weighted by Crippen LogP contribution is 2.15. The molecule has 0 unspecified atom stereocenters. The van der Waals surface area contributed by atoms with Crippen molar-refractivity contribution in [3.8, 4) is 0 Å². The molecule has 0 aromatic carbocycles. The highest BCUT2D eigenvalue weighted by molar-refractivity contribution is 5.85. The van der Waals surface area contributed by atoms with Crippen LogP contribution in [0.2, 0.25) is 0 Å². The maximum atomic E-state index is 11.1. The van der Waals surface area contributed by atoms with Gasteiger partial charge in [-0.1, -0.05) is 6.92 Å². The number of ether oxygens (including phenoxy) is 1. The molecule has 1 heterocycles. The number of carbonyl (C=O) groups is 1. The van der Waals surface area contributed by atoms with Crippen LogP contribution in [0, 0.1) is 5.92 Å². The van der Waals surface area contributed by atoms with Gasteiger partial charge in [-0.15, -0.1) is 12.4 Å². The van der Waals surface area contributed by atoms with Crippen molar-refractivity contribution in [2.75, 3.05) is 39.8 Å². The summed E-state index contributed by atoms with van der Waals surface area (Å²) in [5.74, 6) is 0.652. The van der Waals surface area contributed by atoms with Crippen LogP contribution in [0.1, 0.15) is 19.8 Å². The van der Waals surface area contributed by atoms with Gasteiger partial charge in [-0.25, -0.2) is 0 Å². The number of nitrogens with one attached hydrogen (secondary N) is 1. The molecule has 16 heavy (non-hydrogen) atoms. The predicted molar refractivity (Wildman–Crippen MR) is 67.0 cm³/mol. The molecule has 96 valence electrons. The summed E-state index contributed by atoms with van der Waals surface area (Å²) in [4.78, 5) is 13.2. The molecule has 4 nitrogen and oxygen atoms in total. The van der Waals surface area contributed by atoms with Gasteiger partial charge in [0.2, 0.25) is 0 Å². The minimum Gasteiger partial charge on any atom is -0.468 e. The fourth-order valence-electron chi connectivity index (χ4n) is 1.94. The van der Waals surface area contributed by atoms with E-state index in [1.54, 1.807) is 0 Å². The standard InChI is InChI=1S/C11H22N2O2.ClH/c1-3-12-8-10-4-6-13(7-5-10)9-11(14)15-2;/h10,12H,3-9H2,1-2H3;1H. The van der Waals surface area contributed by atoms with Crippen molar-refractivity contribution in [1.82, 2.24) is 10.2 Å². The third kappa shape index (κ3) is 5.68. The van der Waals surface area contributed by atoms with Gasteiger partial charge in [-0.3, -0.25) is 9.69 Å². The van der Waals surface area contributed by atoms with Crippen molar-refractivity contribution in [3.05, 3.63) is 0 Å². The molecular formula is C11H23ClN2O2. The van der Waals surface area contributed by atoms with E-state index in [1.807, 2.05) is 0 Å². The van der Waals surface area contributed by atoms with Crippen molar-refractivity contribution < 1.29 is 9.53 Å². The molecule has 0 atom stereocenters. The van der Waals surface area contributed by atoms with Gasteiger partial charge in [0.25, 0.3) is 0 Å². The van der Waals surface area contributed by atoms with E-state index in [0.29, 0.717) is 6.54 Å². The number of carbonyl (C=O) groups excluding carboxylic acids is 1. The van der Waals surface area contributed by atoms with Gasteiger partial charge < -0.3 is 10.1 Å². The zero-order valence-electron chi connectivity index (χ0n) is 10.2. The lowest BCUT2D eigenvalue weighted by Crippen LogP contribution is -2.40. The number of piperidine rings is 1. The zero-order chi connectivity index (χ0) is 11.1. The van der Waals surface area contributed by atoms with Gasteiger partial charge in [0, 0.05) is 0 Å². The molecule has 0 saturated carbocycles. The van der Waals surface area contributed by atoms with Crippen molar-refractivity contribution in [2.45, 2.75) is 19.8 Å². The molecule has 1 aliphatic rings. The van der Waals surface area contributed by atoms with E-state index in [9.17, 15) is 4.79 Å². The number of hydrogen-bond acceptors (Lipinski definition) is 4. The van der Waals surface area contributed by atoms with Crippen LogP contribution in [-0.4, -0.2) is 50.7 Å². The molecule has 1 rings (SSSR count). The number of nitrogens with zero attached hydrogens (tertiary/aromatic N) is 1. The van der Waals surface area contributed by atoms with Crippen LogP contribution in [0.4, 0.5) is 0 Å². The topological polar surface area (TPSA) is 41.6 Å². The van der Waals surface area contributed by atoms with Crippen LogP contribution in [0.15, 0.2) is 0 Å². The van der Waals surface area contributed by atoms with E-state index in [2.05, 4.69) is 21.9 Å². The van der Waals surface area contributed by atoms with Crippen LogP contribution in [0.5, 0.6) is 0 Å². The predicted octanol–water partition coefficient (Wildman–Crippen LogP) is 0.903. The summed E-state index contributed by atoms with van der Waals surface area (Å²) in [6.07, 6.45) is 2.37. The average molecular weight is 251 g/mol. The summed E-state index contributed by atoms with van der Waals surface area (Å²) in [5, 5.41) is 3.37. The van der Waals surface area contributed by atoms with Crippen molar-refractivity contribution in [1.29, 1.82) is 0 Å². The largest absolute Gasteiger partial charge is 0.468 e. The van der Waals surface area contributed by atoms with Crippen molar-refractivity contribution in [2.24, 2.45) is 5.92 Å². The summed E-state index contributed by atoms with van der Waals surface area (Å²) >= 11 is 0. The van der Waals surface area contributed by atoms with E-state index in [-0.39, 0.29) is 18.4 Å². The molecule has 1 saturated heterocycles. The Bertz CT molecular complexity index is 194. The van der Waals surface area contributed by atoms with Gasteiger partial charge >= 0.3 is 5.97 Å². The smallest absolute Gasteiger partial charge is 0.319 e. The van der Waals surface area contributed by atoms with Gasteiger partial charge in [0.15, 0.2) is 0 Å². The Morgan fingerprint density at radius 2 is 2.06 bits per heavy atom. The SMILES string of the molecule is CCNCC1CCN(CC(=O)OC)CC1.Cl. The monoisotopic (exact) mass is 250 g/mol. The highest BCUT2D eigenvalue weighted by atomic mass is 35.5. The quantitative estimate of drug-likeness (QED) is 0.737. The van der Waals surface area contributed by atoms with Crippen molar-refractivity contribution >= 4 is 18.4 Å². The Kier molecular flexibility index (Phi) is 8.61. The van der Waals surface area contributed by atoms with E-state index < -0.39 is 0 Å². The second-order valence-corrected chi connectivity index (χ2v) is 4.10. The molecule has 0 aromatic heterocycles. The Morgan fingerprint density at radius 1 is 1.44 bits per heavy atom. The highest BCUT2D eigenvalue weighted by Gasteiger charge is 2.20. The van der Waals surface area contributed by atoms with Crippen LogP contribution in [0.25, 0.3) is 0 Å². The number of methoxy groups -OCH3 is 1. The summed E-state index contributed by atoms with van der Waals surface area (Å²) in [6, 6.07) is 0. The van der Waals surface area contributed by atoms with Crippen molar-refractivity contribution in [3.63, 3.8) is 0 Å². The molecule has 0 amide bonds. The normalized spacial score (nSPS) is 17.9. The maximum Gasteiger partial charge on any atom is 0.319 e. The Labute approximate surface area is 104 Å². The number of likely N-dealkylation sites (tertiary alicyclic amines) is 1. The molecule has 0 spiro atoms. The molecule has 1 N–H and O–H groups in total. The fourth-order valence-corrected chi connectivity index (χ4v) is 1.94. The lowest BCUT2D eigenvalue weighted by atomic mass is 9.97. The van der Waals surface area contributed by atoms with Gasteiger partial charge in [-0.2, -0.15) is 0 Å². The number of rotatable bonds is 5. The van der Waals surface area contributed by atoms with E-state index in [0.717, 1.165) is 32.1 Å². The average Bonchev–Trinajstić information content (AvgIpc) is 2.28. The molecular weight excluding hydrogens is 228 g/mol. The number of halogens is 1. The van der Waals surface area contributed by atoms with E-state index >= 15 is 0 Å². The van der Waals surface area contributed by atoms with Crippen LogP contribution >= 0.6 is 12.4 Å². The first-order valence-electron chi connectivity index (χ1n) is 5.76. The first kappa shape index (κ1) is 15.7.